The van der Waals surface area contributed by atoms with Crippen molar-refractivity contribution in [1.82, 2.24) is 9.88 Å². The van der Waals surface area contributed by atoms with E-state index in [1.807, 2.05) is 0 Å². The first-order chi connectivity index (χ1) is 11.3. The van der Waals surface area contributed by atoms with Crippen LogP contribution in [0, 0.1) is 5.92 Å². The maximum Gasteiger partial charge on any atom is 0.418 e. The molecule has 0 bridgehead atoms. The quantitative estimate of drug-likeness (QED) is 0.781. The van der Waals surface area contributed by atoms with Crippen LogP contribution < -0.4 is 0 Å². The molecule has 1 saturated heterocycles. The Bertz CT molecular complexity index is 772. The van der Waals surface area contributed by atoms with Gasteiger partial charge in [0, 0.05) is 37.5 Å². The average molecular weight is 336 g/mol. The number of amides is 1. The van der Waals surface area contributed by atoms with Crippen LogP contribution in [0.3, 0.4) is 0 Å². The monoisotopic (exact) mass is 336 g/mol. The first-order valence-electron chi connectivity index (χ1n) is 7.97. The maximum atomic E-state index is 13.2. The van der Waals surface area contributed by atoms with Gasteiger partial charge in [0.05, 0.1) is 11.1 Å². The summed E-state index contributed by atoms with van der Waals surface area (Å²) in [5.74, 6) is 0.328. The third-order valence-corrected chi connectivity index (χ3v) is 4.65. The van der Waals surface area contributed by atoms with Crippen molar-refractivity contribution in [2.75, 3.05) is 13.1 Å². The zero-order valence-electron chi connectivity index (χ0n) is 13.6. The Morgan fingerprint density at radius 2 is 2.00 bits per heavy atom. The molecular formula is C18H19F3N2O. The molecule has 2 atom stereocenters. The van der Waals surface area contributed by atoms with E-state index >= 15 is 0 Å². The number of hydrogen-bond donors (Lipinski definition) is 0. The Morgan fingerprint density at radius 1 is 1.25 bits per heavy atom. The molecule has 24 heavy (non-hydrogen) atoms. The van der Waals surface area contributed by atoms with Gasteiger partial charge in [0.1, 0.15) is 0 Å². The molecule has 0 unspecified atom stereocenters. The van der Waals surface area contributed by atoms with E-state index in [1.165, 1.54) is 13.1 Å². The maximum absolute atomic E-state index is 13.2. The number of carbonyl (C=O) groups is 1. The topological polar surface area (TPSA) is 33.2 Å². The van der Waals surface area contributed by atoms with E-state index in [2.05, 4.69) is 11.9 Å². The fraction of sp³-hybridized carbons (Fsp3) is 0.444. The van der Waals surface area contributed by atoms with E-state index in [1.54, 1.807) is 23.1 Å². The van der Waals surface area contributed by atoms with Gasteiger partial charge in [-0.1, -0.05) is 19.1 Å². The number of halogens is 3. The summed E-state index contributed by atoms with van der Waals surface area (Å²) >= 11 is 0. The average Bonchev–Trinajstić information content (AvgIpc) is 2.52. The summed E-state index contributed by atoms with van der Waals surface area (Å²) in [6, 6.07) is 6.00. The predicted octanol–water partition coefficient (Wildman–Crippen LogP) is 4.23. The van der Waals surface area contributed by atoms with Gasteiger partial charge in [-0.05, 0) is 30.0 Å². The number of rotatable bonds is 1. The molecule has 2 heterocycles. The molecule has 2 aromatic rings. The molecule has 3 rings (SSSR count). The fourth-order valence-electron chi connectivity index (χ4n) is 3.61. The summed E-state index contributed by atoms with van der Waals surface area (Å²) < 4.78 is 39.7. The Balaban J connectivity index is 2.09. The van der Waals surface area contributed by atoms with Gasteiger partial charge in [-0.15, -0.1) is 0 Å². The Labute approximate surface area is 138 Å². The van der Waals surface area contributed by atoms with E-state index in [0.717, 1.165) is 18.1 Å². The number of hydrogen-bond acceptors (Lipinski definition) is 2. The minimum atomic E-state index is -4.43. The number of carbonyl (C=O) groups excluding carboxylic acids is 1. The van der Waals surface area contributed by atoms with Gasteiger partial charge in [0.2, 0.25) is 5.91 Å². The molecule has 1 fully saturated rings. The van der Waals surface area contributed by atoms with Crippen LogP contribution in [-0.4, -0.2) is 28.9 Å². The largest absolute Gasteiger partial charge is 0.418 e. The lowest BCUT2D eigenvalue weighted by atomic mass is 9.83. The summed E-state index contributed by atoms with van der Waals surface area (Å²) in [6.07, 6.45) is -2.21. The minimum Gasteiger partial charge on any atom is -0.342 e. The van der Waals surface area contributed by atoms with Crippen LogP contribution in [0.1, 0.15) is 37.3 Å². The standard InChI is InChI=1S/C18H19F3N2O/c1-11-8-13(10-23(9-11)12(2)24)14-5-6-16(18(19,20)21)17-15(14)4-3-7-22-17/h3-7,11,13H,8-10H2,1-2H3/t11-,13-/m0/s1. The smallest absolute Gasteiger partial charge is 0.342 e. The highest BCUT2D eigenvalue weighted by atomic mass is 19.4. The van der Waals surface area contributed by atoms with Gasteiger partial charge in [-0.2, -0.15) is 13.2 Å². The zero-order chi connectivity index (χ0) is 17.5. The van der Waals surface area contributed by atoms with Crippen molar-refractivity contribution >= 4 is 16.8 Å². The molecule has 1 aliphatic rings. The third kappa shape index (κ3) is 3.09. The molecular weight excluding hydrogens is 317 g/mol. The van der Waals surface area contributed by atoms with E-state index in [4.69, 9.17) is 0 Å². The first kappa shape index (κ1) is 16.7. The molecule has 0 radical (unpaired) electrons. The number of alkyl halides is 3. The van der Waals surface area contributed by atoms with Crippen LogP contribution in [0.15, 0.2) is 30.5 Å². The van der Waals surface area contributed by atoms with E-state index in [9.17, 15) is 18.0 Å². The highest BCUT2D eigenvalue weighted by Gasteiger charge is 2.35. The number of benzene rings is 1. The van der Waals surface area contributed by atoms with Crippen LogP contribution >= 0.6 is 0 Å². The van der Waals surface area contributed by atoms with Crippen LogP contribution in [-0.2, 0) is 11.0 Å². The van der Waals surface area contributed by atoms with Crippen molar-refractivity contribution in [3.05, 3.63) is 41.6 Å². The lowest BCUT2D eigenvalue weighted by Gasteiger charge is -2.36. The van der Waals surface area contributed by atoms with Crippen molar-refractivity contribution in [3.63, 3.8) is 0 Å². The lowest BCUT2D eigenvalue weighted by Crippen LogP contribution is -2.41. The van der Waals surface area contributed by atoms with E-state index < -0.39 is 11.7 Å². The zero-order valence-corrected chi connectivity index (χ0v) is 13.6. The molecule has 128 valence electrons. The lowest BCUT2D eigenvalue weighted by molar-refractivity contribution is -0.136. The summed E-state index contributed by atoms with van der Waals surface area (Å²) in [5.41, 5.74) is 0.105. The molecule has 1 aromatic heterocycles. The summed E-state index contributed by atoms with van der Waals surface area (Å²) in [5, 5.41) is 0.523. The van der Waals surface area contributed by atoms with Gasteiger partial charge in [-0.25, -0.2) is 0 Å². The van der Waals surface area contributed by atoms with Crippen LogP contribution in [0.5, 0.6) is 0 Å². The molecule has 1 aliphatic heterocycles. The van der Waals surface area contributed by atoms with Crippen LogP contribution in [0.25, 0.3) is 10.9 Å². The second kappa shape index (κ2) is 6.07. The second-order valence-electron chi connectivity index (χ2n) is 6.56. The minimum absolute atomic E-state index is 0.000826. The number of pyridine rings is 1. The summed E-state index contributed by atoms with van der Waals surface area (Å²) in [7, 11) is 0. The number of fused-ring (bicyclic) bond motifs is 1. The Hall–Kier alpha value is -2.11. The van der Waals surface area contributed by atoms with Gasteiger partial charge in [-0.3, -0.25) is 9.78 Å². The molecule has 1 aromatic carbocycles. The number of likely N-dealkylation sites (tertiary alicyclic amines) is 1. The van der Waals surface area contributed by atoms with Crippen LogP contribution in [0.2, 0.25) is 0 Å². The number of nitrogens with zero attached hydrogens (tertiary/aromatic N) is 2. The summed E-state index contributed by atoms with van der Waals surface area (Å²) in [6.45, 7) is 4.83. The van der Waals surface area contributed by atoms with Crippen molar-refractivity contribution in [2.24, 2.45) is 5.92 Å². The number of aromatic nitrogens is 1. The normalized spacial score (nSPS) is 22.0. The highest BCUT2D eigenvalue weighted by Crippen LogP contribution is 2.39. The second-order valence-corrected chi connectivity index (χ2v) is 6.56. The number of piperidine rings is 1. The van der Waals surface area contributed by atoms with E-state index in [-0.39, 0.29) is 17.3 Å². The predicted molar refractivity (Wildman–Crippen MR) is 85.5 cm³/mol. The van der Waals surface area contributed by atoms with Gasteiger partial charge >= 0.3 is 6.18 Å². The summed E-state index contributed by atoms with van der Waals surface area (Å²) in [4.78, 5) is 17.5. The Morgan fingerprint density at radius 3 is 2.67 bits per heavy atom. The molecule has 0 spiro atoms. The molecule has 3 nitrogen and oxygen atoms in total. The fourth-order valence-corrected chi connectivity index (χ4v) is 3.61. The molecule has 0 aliphatic carbocycles. The van der Waals surface area contributed by atoms with E-state index in [0.29, 0.717) is 24.4 Å². The molecule has 0 saturated carbocycles. The first-order valence-corrected chi connectivity index (χ1v) is 7.97. The van der Waals surface area contributed by atoms with Crippen molar-refractivity contribution in [2.45, 2.75) is 32.4 Å². The SMILES string of the molecule is CC(=O)N1C[C@@H](C)C[C@H](c2ccc(C(F)(F)F)c3ncccc23)C1. The van der Waals surface area contributed by atoms with Crippen molar-refractivity contribution in [1.29, 1.82) is 0 Å². The third-order valence-electron chi connectivity index (χ3n) is 4.65. The molecule has 0 N–H and O–H groups in total. The van der Waals surface area contributed by atoms with Gasteiger partial charge in [0.25, 0.3) is 0 Å². The molecule has 1 amide bonds. The van der Waals surface area contributed by atoms with Crippen molar-refractivity contribution in [3.8, 4) is 0 Å². The van der Waals surface area contributed by atoms with Gasteiger partial charge in [0.15, 0.2) is 0 Å². The van der Waals surface area contributed by atoms with Crippen LogP contribution in [0.4, 0.5) is 13.2 Å². The Kier molecular flexibility index (Phi) is 4.24. The van der Waals surface area contributed by atoms with Gasteiger partial charge < -0.3 is 4.90 Å². The van der Waals surface area contributed by atoms with Crippen molar-refractivity contribution < 1.29 is 18.0 Å². The highest BCUT2D eigenvalue weighted by molar-refractivity contribution is 5.86. The molecule has 6 heteroatoms.